The first-order chi connectivity index (χ1) is 18.4. The number of nitrogen functional groups attached to an aromatic ring is 1. The van der Waals surface area contributed by atoms with Crippen LogP contribution in [0.1, 0.15) is 42.1 Å². The first-order valence-electron chi connectivity index (χ1n) is 12.7. The van der Waals surface area contributed by atoms with Crippen molar-refractivity contribution in [2.75, 3.05) is 37.9 Å². The molecule has 0 unspecified atom stereocenters. The Kier molecular flexibility index (Phi) is 11.4. The summed E-state index contributed by atoms with van der Waals surface area (Å²) < 4.78 is 22.3. The maximum Gasteiger partial charge on any atom is 0.338 e. The van der Waals surface area contributed by atoms with E-state index in [9.17, 15) is 9.59 Å². The summed E-state index contributed by atoms with van der Waals surface area (Å²) in [7, 11) is 0. The molecule has 0 aromatic heterocycles. The van der Waals surface area contributed by atoms with Crippen molar-refractivity contribution in [3.63, 3.8) is 0 Å². The molecule has 0 heterocycles. The highest BCUT2D eigenvalue weighted by atomic mass is 32.1. The Morgan fingerprint density at radius 3 is 2.26 bits per heavy atom. The third-order valence-corrected chi connectivity index (χ3v) is 6.05. The van der Waals surface area contributed by atoms with Crippen LogP contribution in [0.15, 0.2) is 66.7 Å². The molecular formula is C30H35NO6S. The van der Waals surface area contributed by atoms with Crippen molar-refractivity contribution in [2.45, 2.75) is 32.6 Å². The highest BCUT2D eigenvalue weighted by Crippen LogP contribution is 2.35. The number of hydrogen-bond donors (Lipinski definition) is 2. The molecule has 0 saturated heterocycles. The van der Waals surface area contributed by atoms with Crippen molar-refractivity contribution >= 4 is 41.0 Å². The van der Waals surface area contributed by atoms with Crippen LogP contribution in [0.4, 0.5) is 5.69 Å². The van der Waals surface area contributed by atoms with E-state index in [0.717, 1.165) is 28.9 Å². The molecule has 0 amide bonds. The van der Waals surface area contributed by atoms with Gasteiger partial charge in [-0.25, -0.2) is 9.59 Å². The van der Waals surface area contributed by atoms with E-state index in [1.165, 1.54) is 0 Å². The zero-order valence-corrected chi connectivity index (χ0v) is 22.6. The topological polar surface area (TPSA) is 97.1 Å². The maximum atomic E-state index is 13.0. The van der Waals surface area contributed by atoms with Crippen LogP contribution < -0.4 is 15.2 Å². The summed E-state index contributed by atoms with van der Waals surface area (Å²) in [6.07, 6.45) is 2.79. The number of esters is 2. The van der Waals surface area contributed by atoms with Gasteiger partial charge < -0.3 is 24.7 Å². The van der Waals surface area contributed by atoms with E-state index in [4.69, 9.17) is 24.7 Å². The minimum Gasteiger partial charge on any atom is -0.494 e. The Labute approximate surface area is 229 Å². The number of carbonyl (C=O) groups excluding carboxylic acids is 2. The van der Waals surface area contributed by atoms with Crippen LogP contribution in [0.5, 0.6) is 11.5 Å². The fourth-order valence-electron chi connectivity index (χ4n) is 3.71. The Morgan fingerprint density at radius 1 is 0.868 bits per heavy atom. The average Bonchev–Trinajstić information content (AvgIpc) is 2.92. The second-order valence-corrected chi connectivity index (χ2v) is 9.26. The minimum absolute atomic E-state index is 0.237. The van der Waals surface area contributed by atoms with Gasteiger partial charge in [-0.15, -0.1) is 0 Å². The van der Waals surface area contributed by atoms with Gasteiger partial charge in [0.1, 0.15) is 11.5 Å². The first-order valence-corrected chi connectivity index (χ1v) is 13.3. The van der Waals surface area contributed by atoms with Gasteiger partial charge in [0.05, 0.1) is 37.7 Å². The molecule has 7 nitrogen and oxygen atoms in total. The highest BCUT2D eigenvalue weighted by Gasteiger charge is 2.17. The third-order valence-electron chi connectivity index (χ3n) is 5.73. The SMILES string of the molecule is C=C(C)C(=O)OCCCCOc1c(N)cc(C(=O)OCCc2ccc(OCCCS)cc2)c2ccccc12. The summed E-state index contributed by atoms with van der Waals surface area (Å²) in [6, 6.07) is 16.8. The first kappa shape index (κ1) is 28.9. The largest absolute Gasteiger partial charge is 0.494 e. The van der Waals surface area contributed by atoms with E-state index >= 15 is 0 Å². The van der Waals surface area contributed by atoms with E-state index in [1.807, 2.05) is 48.5 Å². The fourth-order valence-corrected chi connectivity index (χ4v) is 3.84. The minimum atomic E-state index is -0.439. The molecule has 3 aromatic rings. The number of carbonyl (C=O) groups is 2. The van der Waals surface area contributed by atoms with Crippen molar-refractivity contribution in [1.29, 1.82) is 0 Å². The quantitative estimate of drug-likeness (QED) is 0.0832. The van der Waals surface area contributed by atoms with Gasteiger partial charge in [-0.05, 0) is 55.7 Å². The molecule has 0 bridgehead atoms. The van der Waals surface area contributed by atoms with Gasteiger partial charge in [0.2, 0.25) is 0 Å². The number of unbranched alkanes of at least 4 members (excludes halogenated alkanes) is 1. The number of nitrogens with two attached hydrogens (primary N) is 1. The molecule has 0 atom stereocenters. The molecule has 3 rings (SSSR count). The molecule has 2 N–H and O–H groups in total. The van der Waals surface area contributed by atoms with E-state index in [1.54, 1.807) is 13.0 Å². The van der Waals surface area contributed by atoms with Crippen LogP contribution in [-0.2, 0) is 20.7 Å². The molecule has 0 fully saturated rings. The second kappa shape index (κ2) is 14.9. The van der Waals surface area contributed by atoms with Crippen LogP contribution in [0.2, 0.25) is 0 Å². The molecule has 0 aliphatic rings. The predicted molar refractivity (Wildman–Crippen MR) is 153 cm³/mol. The molecule has 0 spiro atoms. The number of benzene rings is 3. The lowest BCUT2D eigenvalue weighted by atomic mass is 10.0. The summed E-state index contributed by atoms with van der Waals surface area (Å²) in [6.45, 7) is 6.73. The van der Waals surface area contributed by atoms with Crippen molar-refractivity contribution in [1.82, 2.24) is 0 Å². The molecule has 3 aromatic carbocycles. The number of fused-ring (bicyclic) bond motifs is 1. The third kappa shape index (κ3) is 8.45. The zero-order chi connectivity index (χ0) is 27.3. The van der Waals surface area contributed by atoms with E-state index < -0.39 is 11.9 Å². The summed E-state index contributed by atoms with van der Waals surface area (Å²) in [4.78, 5) is 24.4. The van der Waals surface area contributed by atoms with Gasteiger partial charge in [-0.2, -0.15) is 12.6 Å². The Balaban J connectivity index is 1.56. The van der Waals surface area contributed by atoms with Gasteiger partial charge in [0, 0.05) is 22.8 Å². The Bertz CT molecular complexity index is 1240. The lowest BCUT2D eigenvalue weighted by Gasteiger charge is -2.15. The monoisotopic (exact) mass is 537 g/mol. The Morgan fingerprint density at radius 2 is 1.55 bits per heavy atom. The summed E-state index contributed by atoms with van der Waals surface area (Å²) in [5, 5.41) is 1.45. The highest BCUT2D eigenvalue weighted by molar-refractivity contribution is 7.80. The van der Waals surface area contributed by atoms with E-state index in [-0.39, 0.29) is 6.61 Å². The van der Waals surface area contributed by atoms with Gasteiger partial charge >= 0.3 is 11.9 Å². The van der Waals surface area contributed by atoms with Gasteiger partial charge in [0.15, 0.2) is 0 Å². The van der Waals surface area contributed by atoms with Crippen molar-refractivity contribution in [3.05, 3.63) is 77.9 Å². The summed E-state index contributed by atoms with van der Waals surface area (Å²) in [5.41, 5.74) is 8.46. The second-order valence-electron chi connectivity index (χ2n) is 8.82. The summed E-state index contributed by atoms with van der Waals surface area (Å²) >= 11 is 4.18. The summed E-state index contributed by atoms with van der Waals surface area (Å²) in [5.74, 6) is 1.28. The van der Waals surface area contributed by atoms with Crippen LogP contribution in [0.3, 0.4) is 0 Å². The van der Waals surface area contributed by atoms with Crippen molar-refractivity contribution < 1.29 is 28.5 Å². The van der Waals surface area contributed by atoms with Crippen LogP contribution >= 0.6 is 12.6 Å². The number of rotatable bonds is 15. The van der Waals surface area contributed by atoms with Crippen LogP contribution in [0.25, 0.3) is 10.8 Å². The molecule has 8 heteroatoms. The number of ether oxygens (including phenoxy) is 4. The number of hydrogen-bond acceptors (Lipinski definition) is 8. The molecule has 0 aliphatic carbocycles. The van der Waals surface area contributed by atoms with E-state index in [2.05, 4.69) is 19.2 Å². The maximum absolute atomic E-state index is 13.0. The smallest absolute Gasteiger partial charge is 0.338 e. The number of anilines is 1. The molecule has 202 valence electrons. The van der Waals surface area contributed by atoms with Gasteiger partial charge in [-0.1, -0.05) is 43.0 Å². The normalized spacial score (nSPS) is 10.7. The molecule has 38 heavy (non-hydrogen) atoms. The molecule has 0 saturated carbocycles. The fraction of sp³-hybridized carbons (Fsp3) is 0.333. The molecule has 0 radical (unpaired) electrons. The van der Waals surface area contributed by atoms with E-state index in [0.29, 0.717) is 67.0 Å². The standard InChI is InChI=1S/C30H35NO6S/c1-21(2)29(32)36-16-6-5-15-35-28-25-9-4-3-8-24(25)26(20-27(28)31)30(33)37-18-14-22-10-12-23(13-11-22)34-17-7-19-38/h3-4,8-13,20,38H,1,5-7,14-19,31H2,2H3. The van der Waals surface area contributed by atoms with Gasteiger partial charge in [0.25, 0.3) is 0 Å². The van der Waals surface area contributed by atoms with Crippen LogP contribution in [0, 0.1) is 0 Å². The van der Waals surface area contributed by atoms with Crippen molar-refractivity contribution in [2.24, 2.45) is 0 Å². The van der Waals surface area contributed by atoms with Gasteiger partial charge in [-0.3, -0.25) is 0 Å². The Hall–Kier alpha value is -3.65. The predicted octanol–water partition coefficient (Wildman–Crippen LogP) is 5.80. The lowest BCUT2D eigenvalue weighted by molar-refractivity contribution is -0.139. The lowest BCUT2D eigenvalue weighted by Crippen LogP contribution is -2.11. The molecule has 0 aliphatic heterocycles. The molecular weight excluding hydrogens is 502 g/mol. The number of thiol groups is 1. The average molecular weight is 538 g/mol. The van der Waals surface area contributed by atoms with Crippen molar-refractivity contribution in [3.8, 4) is 11.5 Å². The zero-order valence-electron chi connectivity index (χ0n) is 21.7. The van der Waals surface area contributed by atoms with Crippen LogP contribution in [-0.4, -0.2) is 44.1 Å².